The molecule has 14 heteroatoms. The molecule has 0 bridgehead atoms. The summed E-state index contributed by atoms with van der Waals surface area (Å²) in [7, 11) is -3.92. The van der Waals surface area contributed by atoms with Gasteiger partial charge in [-0.15, -0.1) is 0 Å². The molecule has 0 atom stereocenters. The quantitative estimate of drug-likeness (QED) is 0.205. The van der Waals surface area contributed by atoms with E-state index in [9.17, 15) is 0 Å². The maximum absolute atomic E-state index is 9.08. The van der Waals surface area contributed by atoms with Gasteiger partial charge in [0.15, 0.2) is 0 Å². The SMILES string of the molecule is [CH2-]S(=O)(=O)O.[Rb+].[Rf].[Rf].[Rf].[Rf].[Rf].[Rf].[Rf].[Rf].[Rf]. The van der Waals surface area contributed by atoms with E-state index in [1.54, 1.807) is 0 Å². The maximum Gasteiger partial charge on any atom is 1.00 e. The van der Waals surface area contributed by atoms with Gasteiger partial charge >= 0.3 is 58.2 Å². The van der Waals surface area contributed by atoms with Gasteiger partial charge in [0, 0.05) is 0 Å². The van der Waals surface area contributed by atoms with Crippen LogP contribution in [0.4, 0.5) is 0 Å². The summed E-state index contributed by atoms with van der Waals surface area (Å²) in [6, 6.07) is 0. The standard InChI is InChI=1S/CH3O3S.Rb.9Rf/c1-5(2,3)4;;;;;;;;;;/h1H2,(H,2,3,4);;;;;;;;;;/q-1;+1;;;;;;;;;. The Balaban J connectivity index is -0.00000000178. The second kappa shape index (κ2) is 133. The first-order valence-corrected chi connectivity index (χ1v) is 2.41. The smallest absolute Gasteiger partial charge is 0.310 e. The summed E-state index contributed by atoms with van der Waals surface area (Å²) in [4.78, 5) is 0. The zero-order valence-corrected chi connectivity index (χ0v) is 73.1. The average molecular weight is 2580 g/mol. The zero-order chi connectivity index (χ0) is 4.50. The molecule has 0 spiro atoms. The van der Waals surface area contributed by atoms with E-state index < -0.39 is 10.1 Å². The normalized spacial score (nSPS) is 3.87. The summed E-state index contributed by atoms with van der Waals surface area (Å²) >= 11 is 0. The molecule has 0 aromatic heterocycles. The second-order valence-electron chi connectivity index (χ2n) is 0.582. The van der Waals surface area contributed by atoms with E-state index >= 15 is 0 Å². The Labute approximate surface area is 85.7 Å². The Kier molecular flexibility index (Phi) is 286. The van der Waals surface area contributed by atoms with Crippen LogP contribution in [0.2, 0.25) is 0 Å². The molecule has 0 heterocycles. The van der Waals surface area contributed by atoms with E-state index in [1.807, 2.05) is 0 Å². The molecule has 0 radical (unpaired) electrons. The first-order valence-electron chi connectivity index (χ1n) is 0.805. The van der Waals surface area contributed by atoms with Crippen LogP contribution >= 0.6 is 0 Å². The number of hydrogen-bond donors (Lipinski definition) is 1. The number of hydrogen-bond acceptors (Lipinski definition) is 2. The van der Waals surface area contributed by atoms with Crippen molar-refractivity contribution in [2.24, 2.45) is 0 Å². The van der Waals surface area contributed by atoms with Gasteiger partial charge in [0.05, 0.1) is 0 Å². The second-order valence-corrected chi connectivity index (χ2v) is 1.75. The molecule has 1 N–H and O–H groups in total. The molecular formula is CH3O3RbRf9S. The topological polar surface area (TPSA) is 54.4 Å². The van der Waals surface area contributed by atoms with Crippen LogP contribution in [-0.2, 0) is 10.1 Å². The first kappa shape index (κ1) is 32.2. The maximum atomic E-state index is 9.08. The van der Waals surface area contributed by atoms with Gasteiger partial charge in [-0.25, -0.2) is 8.42 Å². The van der Waals surface area contributed by atoms with Gasteiger partial charge in [0.25, 0.3) is 0 Å². The van der Waals surface area contributed by atoms with Crippen molar-refractivity contribution in [2.45, 2.75) is 0 Å². The van der Waals surface area contributed by atoms with E-state index in [4.69, 9.17) is 13.0 Å². The minimum Gasteiger partial charge on any atom is -0.310 e. The van der Waals surface area contributed by atoms with Gasteiger partial charge in [-0.1, -0.05) is 0 Å². The Hall–Kier alpha value is -7.28. The fourth-order valence-corrected chi connectivity index (χ4v) is 0. The summed E-state index contributed by atoms with van der Waals surface area (Å²) in [6.45, 7) is 0. The van der Waals surface area contributed by atoms with Gasteiger partial charge in [-0.2, -0.15) is 6.26 Å². The predicted octanol–water partition coefficient (Wildman–Crippen LogP) is -3.33. The van der Waals surface area contributed by atoms with E-state index in [1.165, 1.54) is 0 Å². The van der Waals surface area contributed by atoms with E-state index in [0.29, 0.717) is 0 Å². The summed E-state index contributed by atoms with van der Waals surface area (Å²) in [6.07, 6.45) is 2.30. The van der Waals surface area contributed by atoms with Crippen LogP contribution < -0.4 is 58.2 Å². The molecule has 3 nitrogen and oxygen atoms in total. The largest absolute Gasteiger partial charge is 1.00 e. The molecule has 0 aromatic rings. The van der Waals surface area contributed by atoms with Crippen molar-refractivity contribution in [1.29, 1.82) is 0 Å². The number of rotatable bonds is 0. The Morgan fingerprint density at radius 2 is 0.667 bits per heavy atom. The summed E-state index contributed by atoms with van der Waals surface area (Å²) < 4.78 is 25.5. The third-order valence-corrected chi connectivity index (χ3v) is 0. The third kappa shape index (κ3) is 2.81. The molecule has 0 aliphatic carbocycles. The average Bonchev–Trinajstić information content (AvgIpc) is 0.722. The van der Waals surface area contributed by atoms with Crippen molar-refractivity contribution < 1.29 is 71.2 Å². The zero-order valence-electron chi connectivity index (χ0n) is 9.74. The molecule has 0 unspecified atom stereocenters. The van der Waals surface area contributed by atoms with E-state index in [0.717, 1.165) is 0 Å². The van der Waals surface area contributed by atoms with Crippen molar-refractivity contribution in [3.63, 3.8) is 0 Å². The van der Waals surface area contributed by atoms with Crippen molar-refractivity contribution >= 4 is 10.1 Å². The van der Waals surface area contributed by atoms with Gasteiger partial charge in [0.1, 0.15) is 10.1 Å². The summed E-state index contributed by atoms with van der Waals surface area (Å²) in [5.74, 6) is 0. The van der Waals surface area contributed by atoms with Crippen LogP contribution in [0, 0.1) is 6.26 Å². The predicted molar refractivity (Wildman–Crippen MR) is 16.9 cm³/mol. The first-order chi connectivity index (χ1) is 2.00. The van der Waals surface area contributed by atoms with Crippen LogP contribution in [0.25, 0.3) is 0 Å². The van der Waals surface area contributed by atoms with Crippen molar-refractivity contribution in [2.75, 3.05) is 0 Å². The minimum absolute atomic E-state index is 0. The van der Waals surface area contributed by atoms with Crippen LogP contribution in [0.1, 0.15) is 0 Å². The molecule has 0 fully saturated rings. The van der Waals surface area contributed by atoms with Crippen molar-refractivity contribution in [1.82, 2.24) is 0 Å². The van der Waals surface area contributed by atoms with E-state index in [-0.39, 0.29) is 58.2 Å². The van der Waals surface area contributed by atoms with Crippen LogP contribution in [0.15, 0.2) is 0 Å². The molecule has 0 aliphatic rings. The van der Waals surface area contributed by atoms with Gasteiger partial charge < -0.3 is 4.55 Å². The van der Waals surface area contributed by atoms with Gasteiger partial charge in [-0.3, -0.25) is 0 Å². The van der Waals surface area contributed by atoms with Crippen LogP contribution in [0.3, 0.4) is 0 Å². The molecule has 50 valence electrons. The molecule has 0 saturated heterocycles. The van der Waals surface area contributed by atoms with Crippen molar-refractivity contribution in [3.05, 3.63) is 6.26 Å². The van der Waals surface area contributed by atoms with E-state index in [2.05, 4.69) is 6.26 Å². The Morgan fingerprint density at radius 3 is 0.667 bits per heavy atom. The summed E-state index contributed by atoms with van der Waals surface area (Å²) in [5, 5.41) is 0. The molecule has 0 amide bonds. The molecule has 0 rings (SSSR count). The van der Waals surface area contributed by atoms with Gasteiger partial charge in [0.2, 0.25) is 0 Å². The molecule has 15 heavy (non-hydrogen) atoms. The molecule has 0 aliphatic heterocycles. The third-order valence-electron chi connectivity index (χ3n) is 0. The molecule has 0 saturated carbocycles. The summed E-state index contributed by atoms with van der Waals surface area (Å²) in [5.41, 5.74) is 0. The Bertz CT molecular complexity index is 109. The van der Waals surface area contributed by atoms with Crippen LogP contribution in [0.5, 0.6) is 0 Å². The fraction of sp³-hybridized carbons (Fsp3) is 0. The Morgan fingerprint density at radius 1 is 0.667 bits per heavy atom. The van der Waals surface area contributed by atoms with Crippen molar-refractivity contribution in [3.8, 4) is 0 Å². The molecule has 0 aromatic carbocycles. The molecular weight excluding hydrogens is 2580 g/mol. The minimum atomic E-state index is -3.92. The van der Waals surface area contributed by atoms with Crippen LogP contribution in [-0.4, -0.2) is 13.0 Å². The fourth-order valence-electron chi connectivity index (χ4n) is 0. The monoisotopic (exact) mass is 2580 g/mol. The van der Waals surface area contributed by atoms with Gasteiger partial charge in [-0.05, 0) is 0 Å².